The molecule has 2 atom stereocenters. The van der Waals surface area contributed by atoms with Gasteiger partial charge in [0.2, 0.25) is 0 Å². The number of halogens is 6. The third-order valence-corrected chi connectivity index (χ3v) is 7.21. The molecule has 14 nitrogen and oxygen atoms in total. The third kappa shape index (κ3) is 14.2. The predicted octanol–water partition coefficient (Wildman–Crippen LogP) is 6.57. The maximum atomic E-state index is 14.3. The van der Waals surface area contributed by atoms with Gasteiger partial charge in [0.25, 0.3) is 0 Å². The van der Waals surface area contributed by atoms with Gasteiger partial charge in [-0.3, -0.25) is 0 Å². The van der Waals surface area contributed by atoms with Gasteiger partial charge in [-0.1, -0.05) is 26.3 Å². The van der Waals surface area contributed by atoms with Gasteiger partial charge in [0.05, 0.1) is 11.1 Å². The fraction of sp³-hybridized carbons (Fsp3) is 0.200. The van der Waals surface area contributed by atoms with Crippen molar-refractivity contribution in [3.63, 3.8) is 0 Å². The van der Waals surface area contributed by atoms with E-state index < -0.39 is 121 Å². The van der Waals surface area contributed by atoms with Crippen LogP contribution in [0, 0.1) is 0 Å². The lowest BCUT2D eigenvalue weighted by Gasteiger charge is -2.21. The summed E-state index contributed by atoms with van der Waals surface area (Å²) in [6.07, 6.45) is -10.5. The second kappa shape index (κ2) is 21.4. The van der Waals surface area contributed by atoms with Crippen molar-refractivity contribution < 1.29 is 93.0 Å². The maximum Gasteiger partial charge on any atom is 0.420 e. The van der Waals surface area contributed by atoms with E-state index in [1.54, 1.807) is 0 Å². The van der Waals surface area contributed by atoms with E-state index in [4.69, 9.17) is 37.9 Å². The molecule has 0 fully saturated rings. The Morgan fingerprint density at radius 2 is 0.800 bits per heavy atom. The van der Waals surface area contributed by atoms with Crippen molar-refractivity contribution in [1.29, 1.82) is 0 Å². The largest absolute Gasteiger partial charge is 0.490 e. The van der Waals surface area contributed by atoms with Crippen LogP contribution in [0.15, 0.2) is 111 Å². The van der Waals surface area contributed by atoms with Crippen LogP contribution in [-0.4, -0.2) is 74.5 Å². The van der Waals surface area contributed by atoms with Crippen LogP contribution in [-0.2, 0) is 50.5 Å². The highest BCUT2D eigenvalue weighted by Crippen LogP contribution is 2.49. The molecule has 0 aliphatic heterocycles. The van der Waals surface area contributed by atoms with Crippen LogP contribution in [0.1, 0.15) is 31.8 Å². The van der Waals surface area contributed by atoms with Gasteiger partial charge in [-0.25, -0.2) is 28.8 Å². The highest BCUT2D eigenvalue weighted by molar-refractivity contribution is 5.92. The summed E-state index contributed by atoms with van der Waals surface area (Å²) in [4.78, 5) is 71.8. The first kappa shape index (κ1) is 47.0. The zero-order valence-corrected chi connectivity index (χ0v) is 30.9. The molecule has 2 unspecified atom stereocenters. The summed E-state index contributed by atoms with van der Waals surface area (Å²) in [5.41, 5.74) is -5.82. The Kier molecular flexibility index (Phi) is 16.8. The van der Waals surface area contributed by atoms with Crippen LogP contribution >= 0.6 is 0 Å². The highest BCUT2D eigenvalue weighted by Gasteiger charge is 2.49. The Bertz CT molecular complexity index is 1940. The Balaban J connectivity index is 1.79. The van der Waals surface area contributed by atoms with Crippen molar-refractivity contribution in [2.24, 2.45) is 0 Å². The molecule has 20 heteroatoms. The molecule has 3 aromatic rings. The summed E-state index contributed by atoms with van der Waals surface area (Å²) in [5, 5.41) is 0. The summed E-state index contributed by atoms with van der Waals surface area (Å²) >= 11 is 0. The minimum absolute atomic E-state index is 0.00820. The number of benzene rings is 3. The molecule has 0 aliphatic rings. The number of ether oxygens (including phenoxy) is 8. The minimum Gasteiger partial charge on any atom is -0.490 e. The van der Waals surface area contributed by atoms with Crippen molar-refractivity contribution in [1.82, 2.24) is 0 Å². The van der Waals surface area contributed by atoms with Gasteiger partial charge in [-0.05, 0) is 60.7 Å². The van der Waals surface area contributed by atoms with Crippen LogP contribution in [0.25, 0.3) is 0 Å². The Hall–Kier alpha value is -7.38. The number of carbonyl (C=O) groups excluding carboxylic acids is 6. The molecule has 0 amide bonds. The minimum atomic E-state index is -5.81. The fourth-order valence-electron chi connectivity index (χ4n) is 4.49. The van der Waals surface area contributed by atoms with E-state index in [0.29, 0.717) is 12.1 Å². The molecule has 0 heterocycles. The van der Waals surface area contributed by atoms with Crippen LogP contribution in [0.3, 0.4) is 0 Å². The molecule has 318 valence electrons. The first-order chi connectivity index (χ1) is 28.3. The lowest BCUT2D eigenvalue weighted by molar-refractivity contribution is -0.163. The molecule has 60 heavy (non-hydrogen) atoms. The maximum absolute atomic E-state index is 14.3. The van der Waals surface area contributed by atoms with Crippen LogP contribution in [0.4, 0.5) is 26.3 Å². The third-order valence-electron chi connectivity index (χ3n) is 7.21. The van der Waals surface area contributed by atoms with Crippen molar-refractivity contribution in [2.45, 2.75) is 24.6 Å². The standard InChI is InChI=1S/C40H32F6O14/c1-5-31(47)55-21-27(57-33(49)7-3)19-53-25-13-9-23(10-14-25)37(51)59-29-17-18-30(36(40(44,45)46)35(29)39(41,42)43)60-38(52)24-11-15-26(16-12-24)54-20-28(58-34(50)8-4)22-56-32(48)6-2/h5-18,27-28H,1-4,19-22H2. The number of rotatable bonds is 20. The summed E-state index contributed by atoms with van der Waals surface area (Å²) in [7, 11) is 0. The lowest BCUT2D eigenvalue weighted by atomic mass is 10.0. The molecule has 0 bridgehead atoms. The second-order valence-electron chi connectivity index (χ2n) is 11.5. The topological polar surface area (TPSA) is 176 Å². The summed E-state index contributed by atoms with van der Waals surface area (Å²) in [6, 6.07) is 9.25. The monoisotopic (exact) mass is 850 g/mol. The first-order valence-corrected chi connectivity index (χ1v) is 16.8. The molecule has 0 saturated heterocycles. The van der Waals surface area contributed by atoms with E-state index in [1.165, 1.54) is 0 Å². The Labute approximate surface area is 336 Å². The molecule has 0 aromatic heterocycles. The van der Waals surface area contributed by atoms with Gasteiger partial charge in [0, 0.05) is 24.3 Å². The number of esters is 6. The molecule has 0 spiro atoms. The predicted molar refractivity (Wildman–Crippen MR) is 193 cm³/mol. The zero-order valence-electron chi connectivity index (χ0n) is 30.9. The van der Waals surface area contributed by atoms with Gasteiger partial charge < -0.3 is 37.9 Å². The average Bonchev–Trinajstić information content (AvgIpc) is 3.21. The van der Waals surface area contributed by atoms with E-state index in [-0.39, 0.29) is 11.5 Å². The second-order valence-corrected chi connectivity index (χ2v) is 11.5. The summed E-state index contributed by atoms with van der Waals surface area (Å²) in [6.45, 7) is 11.3. The summed E-state index contributed by atoms with van der Waals surface area (Å²) < 4.78 is 126. The molecule has 0 saturated carbocycles. The highest BCUT2D eigenvalue weighted by atomic mass is 19.4. The molecule has 3 rings (SSSR count). The normalized spacial score (nSPS) is 12.0. The van der Waals surface area contributed by atoms with Crippen LogP contribution < -0.4 is 18.9 Å². The number of hydrogen-bond donors (Lipinski definition) is 0. The van der Waals surface area contributed by atoms with E-state index in [2.05, 4.69) is 26.3 Å². The molecular formula is C40H32F6O14. The van der Waals surface area contributed by atoms with Crippen molar-refractivity contribution in [3.05, 3.63) is 134 Å². The van der Waals surface area contributed by atoms with Gasteiger partial charge in [-0.2, -0.15) is 26.3 Å². The smallest absolute Gasteiger partial charge is 0.420 e. The van der Waals surface area contributed by atoms with Crippen LogP contribution in [0.2, 0.25) is 0 Å². The lowest BCUT2D eigenvalue weighted by Crippen LogP contribution is -2.30. The number of carbonyl (C=O) groups is 6. The molecule has 3 aromatic carbocycles. The van der Waals surface area contributed by atoms with E-state index in [1.807, 2.05) is 0 Å². The van der Waals surface area contributed by atoms with Crippen molar-refractivity contribution in [3.8, 4) is 23.0 Å². The van der Waals surface area contributed by atoms with Gasteiger partial charge in [0.1, 0.15) is 60.6 Å². The first-order valence-electron chi connectivity index (χ1n) is 16.8. The van der Waals surface area contributed by atoms with Crippen molar-refractivity contribution >= 4 is 35.8 Å². The van der Waals surface area contributed by atoms with Gasteiger partial charge >= 0.3 is 48.2 Å². The van der Waals surface area contributed by atoms with E-state index in [0.717, 1.165) is 72.8 Å². The van der Waals surface area contributed by atoms with Gasteiger partial charge in [0.15, 0.2) is 12.2 Å². The Morgan fingerprint density at radius 3 is 1.08 bits per heavy atom. The van der Waals surface area contributed by atoms with Crippen LogP contribution in [0.5, 0.6) is 23.0 Å². The molecule has 0 radical (unpaired) electrons. The van der Waals surface area contributed by atoms with E-state index in [9.17, 15) is 55.1 Å². The number of alkyl halides is 6. The summed E-state index contributed by atoms with van der Waals surface area (Å²) in [5.74, 6) is -9.58. The van der Waals surface area contributed by atoms with E-state index >= 15 is 0 Å². The molecule has 0 N–H and O–H groups in total. The Morgan fingerprint density at radius 1 is 0.483 bits per heavy atom. The molecular weight excluding hydrogens is 818 g/mol. The fourth-order valence-corrected chi connectivity index (χ4v) is 4.49. The quantitative estimate of drug-likeness (QED) is 0.0392. The zero-order chi connectivity index (χ0) is 44.6. The van der Waals surface area contributed by atoms with Crippen molar-refractivity contribution in [2.75, 3.05) is 26.4 Å². The molecule has 0 aliphatic carbocycles. The van der Waals surface area contributed by atoms with Gasteiger partial charge in [-0.15, -0.1) is 0 Å². The average molecular weight is 851 g/mol. The SMILES string of the molecule is C=CC(=O)OCC(COc1ccc(C(=O)Oc2ccc(OC(=O)c3ccc(OCC(COC(=O)C=C)OC(=O)C=C)cc3)c(C(F)(F)F)c2C(F)(F)F)cc1)OC(=O)C=C. The number of hydrogen-bond acceptors (Lipinski definition) is 14.